The molecular weight excluding hydrogens is 322 g/mol. The van der Waals surface area contributed by atoms with E-state index in [0.29, 0.717) is 18.7 Å². The molecule has 1 aromatic carbocycles. The van der Waals surface area contributed by atoms with Crippen LogP contribution in [-0.4, -0.2) is 24.9 Å². The Kier molecular flexibility index (Phi) is 5.15. The highest BCUT2D eigenvalue weighted by molar-refractivity contribution is 7.08. The number of carbonyl (C=O) groups excluding carboxylic acids is 2. The molecule has 2 aromatic rings. The van der Waals surface area contributed by atoms with E-state index in [4.69, 9.17) is 5.73 Å². The zero-order chi connectivity index (χ0) is 16.9. The van der Waals surface area contributed by atoms with Crippen LogP contribution in [0.4, 0.5) is 5.69 Å². The first kappa shape index (κ1) is 16.5. The maximum Gasteiger partial charge on any atom is 0.252 e. The van der Waals surface area contributed by atoms with Crippen LogP contribution in [0.3, 0.4) is 0 Å². The number of amides is 2. The number of benzene rings is 1. The molecule has 3 rings (SSSR count). The molecule has 1 atom stereocenters. The fourth-order valence-corrected chi connectivity index (χ4v) is 3.58. The number of nitrogens with one attached hydrogen (secondary N) is 1. The summed E-state index contributed by atoms with van der Waals surface area (Å²) in [5.41, 5.74) is 8.27. The average molecular weight is 343 g/mol. The molecule has 0 saturated carbocycles. The third-order valence-corrected chi connectivity index (χ3v) is 5.04. The molecule has 2 heterocycles. The second-order valence-electron chi connectivity index (χ2n) is 6.05. The van der Waals surface area contributed by atoms with Crippen molar-refractivity contribution in [3.63, 3.8) is 0 Å². The van der Waals surface area contributed by atoms with Crippen molar-refractivity contribution in [2.45, 2.75) is 19.4 Å². The highest BCUT2D eigenvalue weighted by atomic mass is 32.1. The maximum atomic E-state index is 11.9. The highest BCUT2D eigenvalue weighted by Gasteiger charge is 2.23. The van der Waals surface area contributed by atoms with E-state index >= 15 is 0 Å². The topological polar surface area (TPSA) is 75.4 Å². The molecule has 1 saturated heterocycles. The van der Waals surface area contributed by atoms with Crippen LogP contribution in [0.2, 0.25) is 0 Å². The number of nitrogens with zero attached hydrogens (tertiary/aromatic N) is 1. The molecule has 1 aliphatic rings. The van der Waals surface area contributed by atoms with Crippen molar-refractivity contribution in [3.05, 3.63) is 52.2 Å². The van der Waals surface area contributed by atoms with Gasteiger partial charge >= 0.3 is 0 Å². The lowest BCUT2D eigenvalue weighted by molar-refractivity contribution is -0.122. The van der Waals surface area contributed by atoms with Gasteiger partial charge < -0.3 is 16.0 Å². The van der Waals surface area contributed by atoms with Gasteiger partial charge in [-0.2, -0.15) is 11.3 Å². The summed E-state index contributed by atoms with van der Waals surface area (Å²) in [4.78, 5) is 25.5. The van der Waals surface area contributed by atoms with Gasteiger partial charge in [0, 0.05) is 36.3 Å². The van der Waals surface area contributed by atoms with Gasteiger partial charge in [-0.3, -0.25) is 9.59 Å². The average Bonchev–Trinajstić information content (AvgIpc) is 3.15. The summed E-state index contributed by atoms with van der Waals surface area (Å²) in [6.07, 6.45) is 1.85. The van der Waals surface area contributed by atoms with Crippen LogP contribution in [0, 0.1) is 5.92 Å². The van der Waals surface area contributed by atoms with Gasteiger partial charge in [0.25, 0.3) is 5.91 Å². The summed E-state index contributed by atoms with van der Waals surface area (Å²) in [7, 11) is 0. The molecule has 0 unspecified atom stereocenters. The predicted molar refractivity (Wildman–Crippen MR) is 96.1 cm³/mol. The van der Waals surface area contributed by atoms with E-state index in [1.54, 1.807) is 0 Å². The number of piperidine rings is 1. The van der Waals surface area contributed by atoms with Gasteiger partial charge in [0.15, 0.2) is 0 Å². The number of hydrogen-bond acceptors (Lipinski definition) is 4. The molecule has 0 radical (unpaired) electrons. The minimum absolute atomic E-state index is 0.0549. The fourth-order valence-electron chi connectivity index (χ4n) is 2.95. The number of hydrogen-bond donors (Lipinski definition) is 2. The van der Waals surface area contributed by atoms with Crippen molar-refractivity contribution in [3.8, 4) is 0 Å². The second-order valence-corrected chi connectivity index (χ2v) is 6.83. The quantitative estimate of drug-likeness (QED) is 0.875. The highest BCUT2D eigenvalue weighted by Crippen LogP contribution is 2.23. The second kappa shape index (κ2) is 7.49. The molecule has 3 N–H and O–H groups in total. The van der Waals surface area contributed by atoms with Crippen LogP contribution >= 0.6 is 11.3 Å². The Labute approximate surface area is 145 Å². The third kappa shape index (κ3) is 3.94. The third-order valence-electron chi connectivity index (χ3n) is 4.36. The number of thiophene rings is 1. The summed E-state index contributed by atoms with van der Waals surface area (Å²) < 4.78 is 0. The molecule has 1 fully saturated rings. The van der Waals surface area contributed by atoms with Crippen LogP contribution in [-0.2, 0) is 11.3 Å². The Morgan fingerprint density at radius 3 is 2.71 bits per heavy atom. The first-order valence-corrected chi connectivity index (χ1v) is 9.01. The number of rotatable bonds is 5. The maximum absolute atomic E-state index is 11.9. The van der Waals surface area contributed by atoms with Crippen LogP contribution in [0.5, 0.6) is 0 Å². The largest absolute Gasteiger partial charge is 0.371 e. The van der Waals surface area contributed by atoms with Crippen molar-refractivity contribution >= 4 is 28.8 Å². The van der Waals surface area contributed by atoms with Crippen LogP contribution in [0.1, 0.15) is 28.8 Å². The smallest absolute Gasteiger partial charge is 0.252 e. The number of carbonyl (C=O) groups is 2. The molecule has 0 spiro atoms. The summed E-state index contributed by atoms with van der Waals surface area (Å²) in [5.74, 6) is -0.337. The van der Waals surface area contributed by atoms with E-state index in [9.17, 15) is 9.59 Å². The van der Waals surface area contributed by atoms with Crippen molar-refractivity contribution in [2.75, 3.05) is 18.0 Å². The molecule has 6 heteroatoms. The van der Waals surface area contributed by atoms with Crippen molar-refractivity contribution in [1.82, 2.24) is 5.32 Å². The Balaban J connectivity index is 1.57. The Morgan fingerprint density at radius 1 is 1.25 bits per heavy atom. The van der Waals surface area contributed by atoms with E-state index in [0.717, 1.165) is 30.6 Å². The zero-order valence-electron chi connectivity index (χ0n) is 13.4. The minimum Gasteiger partial charge on any atom is -0.371 e. The predicted octanol–water partition coefficient (Wildman–Crippen LogP) is 2.38. The first-order valence-electron chi connectivity index (χ1n) is 8.07. The zero-order valence-corrected chi connectivity index (χ0v) is 14.2. The molecule has 24 heavy (non-hydrogen) atoms. The van der Waals surface area contributed by atoms with Crippen molar-refractivity contribution in [2.24, 2.45) is 11.7 Å². The Hall–Kier alpha value is -2.34. The van der Waals surface area contributed by atoms with Crippen LogP contribution in [0.15, 0.2) is 41.1 Å². The van der Waals surface area contributed by atoms with Gasteiger partial charge in [-0.05, 0) is 42.0 Å². The lowest BCUT2D eigenvalue weighted by Gasteiger charge is -2.33. The van der Waals surface area contributed by atoms with Gasteiger partial charge in [-0.25, -0.2) is 0 Å². The molecular formula is C18H21N3O2S. The van der Waals surface area contributed by atoms with Gasteiger partial charge in [0.2, 0.25) is 5.91 Å². The Bertz CT molecular complexity index is 698. The van der Waals surface area contributed by atoms with Gasteiger partial charge in [0.1, 0.15) is 0 Å². The number of anilines is 1. The Morgan fingerprint density at radius 2 is 2.04 bits per heavy atom. The minimum atomic E-state index is -0.215. The molecule has 2 amide bonds. The summed E-state index contributed by atoms with van der Waals surface area (Å²) in [6.45, 7) is 2.13. The molecule has 126 valence electrons. The fraction of sp³-hybridized carbons (Fsp3) is 0.333. The lowest BCUT2D eigenvalue weighted by atomic mass is 9.97. The molecule has 0 bridgehead atoms. The normalized spacial score (nSPS) is 17.5. The van der Waals surface area contributed by atoms with E-state index in [1.165, 1.54) is 11.3 Å². The molecule has 1 aliphatic heterocycles. The SMILES string of the molecule is NC(=O)[C@@H]1CCCN(c2ccc(CNC(=O)c3ccsc3)cc2)C1. The van der Waals surface area contributed by atoms with Gasteiger partial charge in [-0.15, -0.1) is 0 Å². The van der Waals surface area contributed by atoms with E-state index < -0.39 is 0 Å². The van der Waals surface area contributed by atoms with Gasteiger partial charge in [0.05, 0.1) is 5.92 Å². The standard InChI is InChI=1S/C18H21N3O2S/c19-17(22)14-2-1-8-21(11-14)16-5-3-13(4-6-16)10-20-18(23)15-7-9-24-12-15/h3-7,9,12,14H,1-2,8,10-11H2,(H2,19,22)(H,20,23)/t14-/m1/s1. The summed E-state index contributed by atoms with van der Waals surface area (Å²) in [5, 5.41) is 6.64. The lowest BCUT2D eigenvalue weighted by Crippen LogP contribution is -2.41. The van der Waals surface area contributed by atoms with Crippen molar-refractivity contribution < 1.29 is 9.59 Å². The van der Waals surface area contributed by atoms with E-state index in [1.807, 2.05) is 41.1 Å². The van der Waals surface area contributed by atoms with E-state index in [-0.39, 0.29) is 17.7 Å². The molecule has 1 aromatic heterocycles. The number of primary amides is 1. The van der Waals surface area contributed by atoms with Gasteiger partial charge in [-0.1, -0.05) is 12.1 Å². The summed E-state index contributed by atoms with van der Waals surface area (Å²) >= 11 is 1.51. The molecule has 5 nitrogen and oxygen atoms in total. The first-order chi connectivity index (χ1) is 11.6. The molecule has 0 aliphatic carbocycles. The van der Waals surface area contributed by atoms with Crippen LogP contribution < -0.4 is 16.0 Å². The van der Waals surface area contributed by atoms with E-state index in [2.05, 4.69) is 10.2 Å². The summed E-state index contributed by atoms with van der Waals surface area (Å²) in [6, 6.07) is 9.91. The monoisotopic (exact) mass is 343 g/mol. The van der Waals surface area contributed by atoms with Crippen molar-refractivity contribution in [1.29, 1.82) is 0 Å². The number of nitrogens with two attached hydrogens (primary N) is 1. The van der Waals surface area contributed by atoms with Crippen LogP contribution in [0.25, 0.3) is 0 Å².